The topological polar surface area (TPSA) is 38.3 Å². The number of aryl methyl sites for hydroxylation is 2. The van der Waals surface area contributed by atoms with Crippen LogP contribution in [-0.2, 0) is 13.0 Å². The summed E-state index contributed by atoms with van der Waals surface area (Å²) in [5, 5.41) is 4.70. The Bertz CT molecular complexity index is 739. The largest absolute Gasteiger partial charge is 0.465 e. The van der Waals surface area contributed by atoms with E-state index in [9.17, 15) is 0 Å². The highest BCUT2D eigenvalue weighted by Crippen LogP contribution is 2.30. The fourth-order valence-electron chi connectivity index (χ4n) is 2.76. The van der Waals surface area contributed by atoms with Crippen molar-refractivity contribution < 1.29 is 8.83 Å². The molecule has 0 spiro atoms. The second-order valence-corrected chi connectivity index (χ2v) is 5.41. The van der Waals surface area contributed by atoms with Gasteiger partial charge in [-0.1, -0.05) is 25.1 Å². The number of rotatable bonds is 5. The van der Waals surface area contributed by atoms with Gasteiger partial charge in [0.25, 0.3) is 0 Å². The van der Waals surface area contributed by atoms with Crippen LogP contribution in [0.1, 0.15) is 42.7 Å². The van der Waals surface area contributed by atoms with E-state index in [4.69, 9.17) is 8.83 Å². The lowest BCUT2D eigenvalue weighted by atomic mass is 10.1. The summed E-state index contributed by atoms with van der Waals surface area (Å²) in [7, 11) is 0. The third kappa shape index (κ3) is 2.74. The average molecular weight is 283 g/mol. The molecule has 2 heterocycles. The standard InChI is InChI=1S/C18H21NO2/c1-4-15-16-7-5-6-8-17(16)21-18(15)13(3)19-11-14-10-9-12(2)20-14/h5-10,13,19H,4,11H2,1-3H3. The van der Waals surface area contributed by atoms with E-state index in [1.165, 1.54) is 10.9 Å². The van der Waals surface area contributed by atoms with Gasteiger partial charge < -0.3 is 14.2 Å². The molecule has 3 rings (SSSR count). The first-order valence-electron chi connectivity index (χ1n) is 7.48. The number of nitrogens with one attached hydrogen (secondary N) is 1. The zero-order valence-electron chi connectivity index (χ0n) is 12.8. The Morgan fingerprint density at radius 3 is 2.62 bits per heavy atom. The summed E-state index contributed by atoms with van der Waals surface area (Å²) in [4.78, 5) is 0. The molecule has 0 saturated heterocycles. The van der Waals surface area contributed by atoms with Gasteiger partial charge in [0.1, 0.15) is 22.9 Å². The maximum atomic E-state index is 6.05. The molecule has 1 unspecified atom stereocenters. The highest BCUT2D eigenvalue weighted by molar-refractivity contribution is 5.82. The number of furan rings is 2. The second-order valence-electron chi connectivity index (χ2n) is 5.41. The van der Waals surface area contributed by atoms with Crippen LogP contribution in [0.5, 0.6) is 0 Å². The quantitative estimate of drug-likeness (QED) is 0.734. The summed E-state index contributed by atoms with van der Waals surface area (Å²) >= 11 is 0. The number of hydrogen-bond acceptors (Lipinski definition) is 3. The first-order chi connectivity index (χ1) is 10.2. The van der Waals surface area contributed by atoms with Crippen LogP contribution in [0.2, 0.25) is 0 Å². The molecule has 1 aromatic carbocycles. The molecule has 0 aliphatic carbocycles. The second kappa shape index (κ2) is 5.78. The fraction of sp³-hybridized carbons (Fsp3) is 0.333. The minimum Gasteiger partial charge on any atom is -0.465 e. The van der Waals surface area contributed by atoms with E-state index < -0.39 is 0 Å². The first-order valence-corrected chi connectivity index (χ1v) is 7.48. The van der Waals surface area contributed by atoms with Gasteiger partial charge in [0.05, 0.1) is 12.6 Å². The Kier molecular flexibility index (Phi) is 3.84. The first kappa shape index (κ1) is 14.0. The van der Waals surface area contributed by atoms with Crippen molar-refractivity contribution in [2.75, 3.05) is 0 Å². The maximum Gasteiger partial charge on any atom is 0.134 e. The molecule has 110 valence electrons. The van der Waals surface area contributed by atoms with Gasteiger partial charge >= 0.3 is 0 Å². The number of benzene rings is 1. The predicted molar refractivity (Wildman–Crippen MR) is 84.3 cm³/mol. The molecule has 1 atom stereocenters. The van der Waals surface area contributed by atoms with Crippen LogP contribution in [0.25, 0.3) is 11.0 Å². The summed E-state index contributed by atoms with van der Waals surface area (Å²) in [5.41, 5.74) is 2.26. The molecule has 0 bridgehead atoms. The van der Waals surface area contributed by atoms with E-state index in [0.717, 1.165) is 29.3 Å². The molecular weight excluding hydrogens is 262 g/mol. The molecule has 0 fully saturated rings. The molecular formula is C18H21NO2. The van der Waals surface area contributed by atoms with Gasteiger partial charge in [0, 0.05) is 10.9 Å². The maximum absolute atomic E-state index is 6.05. The number of para-hydroxylation sites is 1. The number of hydrogen-bond donors (Lipinski definition) is 1. The Hall–Kier alpha value is -2.00. The molecule has 0 amide bonds. The smallest absolute Gasteiger partial charge is 0.134 e. The molecule has 1 N–H and O–H groups in total. The van der Waals surface area contributed by atoms with Crippen molar-refractivity contribution in [3.05, 3.63) is 59.2 Å². The third-order valence-corrected chi connectivity index (χ3v) is 3.85. The van der Waals surface area contributed by atoms with Gasteiger partial charge in [-0.25, -0.2) is 0 Å². The van der Waals surface area contributed by atoms with Crippen molar-refractivity contribution >= 4 is 11.0 Å². The normalized spacial score (nSPS) is 12.9. The van der Waals surface area contributed by atoms with Gasteiger partial charge in [-0.05, 0) is 38.5 Å². The van der Waals surface area contributed by atoms with Gasteiger partial charge in [-0.3, -0.25) is 0 Å². The van der Waals surface area contributed by atoms with E-state index in [-0.39, 0.29) is 6.04 Å². The Morgan fingerprint density at radius 2 is 1.90 bits per heavy atom. The van der Waals surface area contributed by atoms with Crippen LogP contribution in [0.3, 0.4) is 0 Å². The van der Waals surface area contributed by atoms with Crippen LogP contribution < -0.4 is 5.32 Å². The minimum atomic E-state index is 0.151. The van der Waals surface area contributed by atoms with Gasteiger partial charge in [-0.2, -0.15) is 0 Å². The summed E-state index contributed by atoms with van der Waals surface area (Å²) in [6.45, 7) is 6.96. The Balaban J connectivity index is 1.82. The highest BCUT2D eigenvalue weighted by Gasteiger charge is 2.18. The van der Waals surface area contributed by atoms with E-state index in [1.54, 1.807) is 0 Å². The molecule has 0 aliphatic heterocycles. The molecule has 3 heteroatoms. The van der Waals surface area contributed by atoms with Crippen molar-refractivity contribution in [2.45, 2.75) is 39.8 Å². The van der Waals surface area contributed by atoms with Crippen LogP contribution in [-0.4, -0.2) is 0 Å². The lowest BCUT2D eigenvalue weighted by molar-refractivity contribution is 0.409. The molecule has 0 saturated carbocycles. The van der Waals surface area contributed by atoms with Crippen LogP contribution in [0, 0.1) is 6.92 Å². The average Bonchev–Trinajstić information content (AvgIpc) is 3.07. The van der Waals surface area contributed by atoms with E-state index in [0.29, 0.717) is 6.54 Å². The number of fused-ring (bicyclic) bond motifs is 1. The van der Waals surface area contributed by atoms with Gasteiger partial charge in [0.15, 0.2) is 0 Å². The zero-order valence-corrected chi connectivity index (χ0v) is 12.8. The highest BCUT2D eigenvalue weighted by atomic mass is 16.3. The molecule has 0 aliphatic rings. The van der Waals surface area contributed by atoms with Crippen molar-refractivity contribution in [2.24, 2.45) is 0 Å². The SMILES string of the molecule is CCc1c(C(C)NCc2ccc(C)o2)oc2ccccc12. The summed E-state index contributed by atoms with van der Waals surface area (Å²) in [5.74, 6) is 2.92. The van der Waals surface area contributed by atoms with Crippen LogP contribution in [0.15, 0.2) is 45.2 Å². The zero-order chi connectivity index (χ0) is 14.8. The van der Waals surface area contributed by atoms with Crippen LogP contribution >= 0.6 is 0 Å². The third-order valence-electron chi connectivity index (χ3n) is 3.85. The van der Waals surface area contributed by atoms with E-state index >= 15 is 0 Å². The molecule has 21 heavy (non-hydrogen) atoms. The lowest BCUT2D eigenvalue weighted by Gasteiger charge is -2.12. The van der Waals surface area contributed by atoms with Crippen molar-refractivity contribution in [3.8, 4) is 0 Å². The monoisotopic (exact) mass is 283 g/mol. The summed E-state index contributed by atoms with van der Waals surface area (Å²) in [6, 6.07) is 12.4. The fourth-order valence-corrected chi connectivity index (χ4v) is 2.76. The van der Waals surface area contributed by atoms with Crippen molar-refractivity contribution in [3.63, 3.8) is 0 Å². The van der Waals surface area contributed by atoms with E-state index in [1.807, 2.05) is 31.2 Å². The summed E-state index contributed by atoms with van der Waals surface area (Å²) < 4.78 is 11.6. The molecule has 0 radical (unpaired) electrons. The minimum absolute atomic E-state index is 0.151. The van der Waals surface area contributed by atoms with Gasteiger partial charge in [0.2, 0.25) is 0 Å². The van der Waals surface area contributed by atoms with Gasteiger partial charge in [-0.15, -0.1) is 0 Å². The van der Waals surface area contributed by atoms with E-state index in [2.05, 4.69) is 31.3 Å². The Morgan fingerprint density at radius 1 is 1.10 bits per heavy atom. The predicted octanol–water partition coefficient (Wildman–Crippen LogP) is 4.75. The lowest BCUT2D eigenvalue weighted by Crippen LogP contribution is -2.18. The van der Waals surface area contributed by atoms with Crippen LogP contribution in [0.4, 0.5) is 0 Å². The van der Waals surface area contributed by atoms with Crippen molar-refractivity contribution in [1.29, 1.82) is 0 Å². The molecule has 2 aromatic heterocycles. The summed E-state index contributed by atoms with van der Waals surface area (Å²) in [6.07, 6.45) is 0.970. The molecule has 3 aromatic rings. The van der Waals surface area contributed by atoms with Crippen molar-refractivity contribution in [1.82, 2.24) is 5.32 Å². The Labute approximate surface area is 124 Å². The molecule has 3 nitrogen and oxygen atoms in total.